The average molecular weight is 255 g/mol. The molecular formula is C11H8Cl2N2O. The maximum Gasteiger partial charge on any atom is 0.264 e. The number of hydrogen-bond acceptors (Lipinski definition) is 2. The van der Waals surface area contributed by atoms with Gasteiger partial charge in [0.2, 0.25) is 0 Å². The summed E-state index contributed by atoms with van der Waals surface area (Å²) < 4.78 is 0. The normalized spacial score (nSPS) is 10.4. The molecular weight excluding hydrogens is 247 g/mol. The molecule has 1 heterocycles. The van der Waals surface area contributed by atoms with E-state index in [2.05, 4.69) is 10.2 Å². The summed E-state index contributed by atoms with van der Waals surface area (Å²) >= 11 is 12.0. The Hall–Kier alpha value is -1.32. The van der Waals surface area contributed by atoms with Crippen molar-refractivity contribution in [1.29, 1.82) is 0 Å². The number of rotatable bonds is 1. The van der Waals surface area contributed by atoms with Gasteiger partial charge in [-0.25, -0.2) is 5.10 Å². The molecule has 16 heavy (non-hydrogen) atoms. The molecule has 0 aliphatic carbocycles. The van der Waals surface area contributed by atoms with E-state index in [-0.39, 0.29) is 5.56 Å². The molecule has 1 aromatic carbocycles. The highest BCUT2D eigenvalue weighted by Gasteiger charge is 2.09. The second-order valence-corrected chi connectivity index (χ2v) is 4.23. The lowest BCUT2D eigenvalue weighted by Gasteiger charge is -2.07. The lowest BCUT2D eigenvalue weighted by atomic mass is 10.1. The van der Waals surface area contributed by atoms with Crippen LogP contribution in [-0.4, -0.2) is 10.2 Å². The number of benzene rings is 1. The van der Waals surface area contributed by atoms with Crippen LogP contribution in [-0.2, 0) is 0 Å². The second kappa shape index (κ2) is 4.28. The summed E-state index contributed by atoms with van der Waals surface area (Å²) in [4.78, 5) is 10.9. The van der Waals surface area contributed by atoms with Crippen LogP contribution in [0.2, 0.25) is 10.0 Å². The molecule has 0 aliphatic heterocycles. The van der Waals surface area contributed by atoms with Crippen LogP contribution in [0.4, 0.5) is 0 Å². The lowest BCUT2D eigenvalue weighted by molar-refractivity contribution is 0.994. The molecule has 0 fully saturated rings. The number of aryl methyl sites for hydroxylation is 1. The number of halogens is 2. The molecule has 1 N–H and O–H groups in total. The summed E-state index contributed by atoms with van der Waals surface area (Å²) in [6, 6.07) is 6.49. The summed E-state index contributed by atoms with van der Waals surface area (Å²) in [5.41, 5.74) is 2.07. The number of aromatic nitrogens is 2. The van der Waals surface area contributed by atoms with Gasteiger partial charge in [0.15, 0.2) is 0 Å². The number of nitrogens with zero attached hydrogens (tertiary/aromatic N) is 1. The molecule has 0 spiro atoms. The number of nitrogens with one attached hydrogen (secondary N) is 1. The Morgan fingerprint density at radius 1 is 1.25 bits per heavy atom. The molecule has 3 nitrogen and oxygen atoms in total. The van der Waals surface area contributed by atoms with Crippen molar-refractivity contribution in [3.05, 3.63) is 50.2 Å². The summed E-state index contributed by atoms with van der Waals surface area (Å²) in [5.74, 6) is 0. The Bertz CT molecular complexity index is 549. The first-order valence-electron chi connectivity index (χ1n) is 4.59. The van der Waals surface area contributed by atoms with Gasteiger partial charge in [-0.3, -0.25) is 4.79 Å². The van der Waals surface area contributed by atoms with E-state index < -0.39 is 0 Å². The monoisotopic (exact) mass is 254 g/mol. The van der Waals surface area contributed by atoms with Crippen molar-refractivity contribution < 1.29 is 0 Å². The van der Waals surface area contributed by atoms with Crippen LogP contribution in [0.5, 0.6) is 0 Å². The molecule has 0 saturated carbocycles. The highest BCUT2D eigenvalue weighted by molar-refractivity contribution is 6.36. The van der Waals surface area contributed by atoms with Gasteiger partial charge in [0.1, 0.15) is 0 Å². The van der Waals surface area contributed by atoms with E-state index in [0.717, 1.165) is 11.1 Å². The molecule has 2 aromatic rings. The van der Waals surface area contributed by atoms with Crippen molar-refractivity contribution in [2.45, 2.75) is 6.92 Å². The van der Waals surface area contributed by atoms with E-state index in [9.17, 15) is 4.79 Å². The van der Waals surface area contributed by atoms with Crippen LogP contribution in [0, 0.1) is 6.92 Å². The zero-order chi connectivity index (χ0) is 11.7. The molecule has 82 valence electrons. The van der Waals surface area contributed by atoms with Crippen molar-refractivity contribution in [2.75, 3.05) is 0 Å². The molecule has 0 saturated heterocycles. The summed E-state index contributed by atoms with van der Waals surface area (Å²) in [5, 5.41) is 7.40. The molecule has 5 heteroatoms. The first-order valence-corrected chi connectivity index (χ1v) is 5.35. The quantitative estimate of drug-likeness (QED) is 0.851. The van der Waals surface area contributed by atoms with E-state index in [1.165, 1.54) is 6.07 Å². The van der Waals surface area contributed by atoms with Gasteiger partial charge < -0.3 is 0 Å². The highest BCUT2D eigenvalue weighted by Crippen LogP contribution is 2.31. The maximum atomic E-state index is 10.9. The van der Waals surface area contributed by atoms with Crippen molar-refractivity contribution in [2.24, 2.45) is 0 Å². The van der Waals surface area contributed by atoms with Crippen LogP contribution in [0.3, 0.4) is 0 Å². The number of hydrogen-bond donors (Lipinski definition) is 1. The zero-order valence-electron chi connectivity index (χ0n) is 8.42. The molecule has 0 radical (unpaired) electrons. The van der Waals surface area contributed by atoms with Gasteiger partial charge in [-0.15, -0.1) is 0 Å². The number of H-pyrrole nitrogens is 1. The van der Waals surface area contributed by atoms with Gasteiger partial charge in [-0.2, -0.15) is 5.10 Å². The Morgan fingerprint density at radius 3 is 2.56 bits per heavy atom. The Kier molecular flexibility index (Phi) is 2.99. The molecule has 0 atom stereocenters. The first kappa shape index (κ1) is 11.2. The third-order valence-corrected chi connectivity index (χ3v) is 2.70. The predicted molar refractivity (Wildman–Crippen MR) is 65.1 cm³/mol. The minimum Gasteiger partial charge on any atom is -0.268 e. The molecule has 0 unspecified atom stereocenters. The minimum atomic E-state index is -0.244. The number of aromatic amines is 1. The summed E-state index contributed by atoms with van der Waals surface area (Å²) in [6.45, 7) is 1.89. The van der Waals surface area contributed by atoms with E-state index >= 15 is 0 Å². The molecule has 2 rings (SSSR count). The molecule has 0 aliphatic rings. The second-order valence-electron chi connectivity index (χ2n) is 3.39. The molecule has 0 bridgehead atoms. The first-order chi connectivity index (χ1) is 7.58. The lowest BCUT2D eigenvalue weighted by Crippen LogP contribution is -2.06. The zero-order valence-corrected chi connectivity index (χ0v) is 9.93. The smallest absolute Gasteiger partial charge is 0.264 e. The van der Waals surface area contributed by atoms with Crippen LogP contribution >= 0.6 is 23.2 Å². The third kappa shape index (κ3) is 2.10. The maximum absolute atomic E-state index is 10.9. The fraction of sp³-hybridized carbons (Fsp3) is 0.0909. The Balaban J connectivity index is 2.64. The topological polar surface area (TPSA) is 45.8 Å². The minimum absolute atomic E-state index is 0.244. The predicted octanol–water partition coefficient (Wildman–Crippen LogP) is 3.05. The van der Waals surface area contributed by atoms with Crippen molar-refractivity contribution in [3.63, 3.8) is 0 Å². The summed E-state index contributed by atoms with van der Waals surface area (Å²) in [7, 11) is 0. The van der Waals surface area contributed by atoms with E-state index in [1.807, 2.05) is 6.92 Å². The SMILES string of the molecule is Cc1cc(Cl)cc(Cl)c1-c1ccc(=O)[nH]n1. The fourth-order valence-corrected chi connectivity index (χ4v) is 2.20. The van der Waals surface area contributed by atoms with Gasteiger partial charge in [0.05, 0.1) is 10.7 Å². The van der Waals surface area contributed by atoms with Crippen molar-refractivity contribution >= 4 is 23.2 Å². The van der Waals surface area contributed by atoms with Crippen molar-refractivity contribution in [3.8, 4) is 11.3 Å². The van der Waals surface area contributed by atoms with Crippen LogP contribution < -0.4 is 5.56 Å². The highest BCUT2D eigenvalue weighted by atomic mass is 35.5. The Morgan fingerprint density at radius 2 is 2.00 bits per heavy atom. The third-order valence-electron chi connectivity index (χ3n) is 2.19. The van der Waals surface area contributed by atoms with Gasteiger partial charge >= 0.3 is 0 Å². The van der Waals surface area contributed by atoms with Crippen LogP contribution in [0.15, 0.2) is 29.1 Å². The largest absolute Gasteiger partial charge is 0.268 e. The van der Waals surface area contributed by atoms with Crippen molar-refractivity contribution in [1.82, 2.24) is 10.2 Å². The molecule has 0 amide bonds. The summed E-state index contributed by atoms with van der Waals surface area (Å²) in [6.07, 6.45) is 0. The Labute approximate surface area is 102 Å². The van der Waals surface area contributed by atoms with Crippen LogP contribution in [0.1, 0.15) is 5.56 Å². The van der Waals surface area contributed by atoms with E-state index in [0.29, 0.717) is 15.7 Å². The van der Waals surface area contributed by atoms with Gasteiger partial charge in [-0.1, -0.05) is 23.2 Å². The van der Waals surface area contributed by atoms with Gasteiger partial charge in [0, 0.05) is 16.7 Å². The van der Waals surface area contributed by atoms with E-state index in [4.69, 9.17) is 23.2 Å². The van der Waals surface area contributed by atoms with Gasteiger partial charge in [0.25, 0.3) is 5.56 Å². The van der Waals surface area contributed by atoms with E-state index in [1.54, 1.807) is 18.2 Å². The fourth-order valence-electron chi connectivity index (χ4n) is 1.51. The van der Waals surface area contributed by atoms with Crippen LogP contribution in [0.25, 0.3) is 11.3 Å². The molecule has 1 aromatic heterocycles. The van der Waals surface area contributed by atoms with Gasteiger partial charge in [-0.05, 0) is 30.7 Å². The average Bonchev–Trinajstić information content (AvgIpc) is 2.19. The standard InChI is InChI=1S/C11H8Cl2N2O/c1-6-4-7(12)5-8(13)11(6)9-2-3-10(16)15-14-9/h2-5H,1H3,(H,15,16).